The van der Waals surface area contributed by atoms with Crippen molar-refractivity contribution in [3.63, 3.8) is 0 Å². The SMILES string of the molecule is CC(C)C1CN(CCCF)C(C)CCN1. The Bertz CT molecular complexity index is 173. The van der Waals surface area contributed by atoms with Gasteiger partial charge in [0.1, 0.15) is 0 Å². The molecule has 0 aromatic carbocycles. The van der Waals surface area contributed by atoms with E-state index in [9.17, 15) is 4.39 Å². The average Bonchev–Trinajstić information content (AvgIpc) is 2.37. The first-order valence-corrected chi connectivity index (χ1v) is 6.18. The van der Waals surface area contributed by atoms with Gasteiger partial charge in [-0.1, -0.05) is 13.8 Å². The van der Waals surface area contributed by atoms with Crippen LogP contribution in [0.2, 0.25) is 0 Å². The highest BCUT2D eigenvalue weighted by Gasteiger charge is 2.23. The minimum absolute atomic E-state index is 0.191. The molecule has 0 aliphatic carbocycles. The fraction of sp³-hybridized carbons (Fsp3) is 1.00. The molecule has 2 nitrogen and oxygen atoms in total. The van der Waals surface area contributed by atoms with Crippen molar-refractivity contribution in [1.29, 1.82) is 0 Å². The van der Waals surface area contributed by atoms with Crippen LogP contribution in [0.4, 0.5) is 4.39 Å². The summed E-state index contributed by atoms with van der Waals surface area (Å²) in [5.74, 6) is 0.656. The van der Waals surface area contributed by atoms with E-state index in [1.165, 1.54) is 6.42 Å². The first-order valence-electron chi connectivity index (χ1n) is 6.18. The molecular weight excluding hydrogens is 191 g/mol. The van der Waals surface area contributed by atoms with Crippen molar-refractivity contribution in [1.82, 2.24) is 10.2 Å². The van der Waals surface area contributed by atoms with E-state index in [2.05, 4.69) is 31.0 Å². The molecular formula is C12H25FN2. The normalized spacial score (nSPS) is 29.4. The lowest BCUT2D eigenvalue weighted by Gasteiger charge is -2.30. The van der Waals surface area contributed by atoms with Crippen LogP contribution in [0.3, 0.4) is 0 Å². The predicted octanol–water partition coefficient (Wildman–Crippen LogP) is 2.05. The van der Waals surface area contributed by atoms with E-state index in [-0.39, 0.29) is 6.67 Å². The number of nitrogens with zero attached hydrogens (tertiary/aromatic N) is 1. The van der Waals surface area contributed by atoms with Gasteiger partial charge >= 0.3 is 0 Å². The van der Waals surface area contributed by atoms with E-state index < -0.39 is 0 Å². The number of nitrogens with one attached hydrogen (secondary N) is 1. The lowest BCUT2D eigenvalue weighted by atomic mass is 10.0. The lowest BCUT2D eigenvalue weighted by Crippen LogP contribution is -2.43. The summed E-state index contributed by atoms with van der Waals surface area (Å²) in [5.41, 5.74) is 0. The Labute approximate surface area is 93.2 Å². The smallest absolute Gasteiger partial charge is 0.0906 e. The maximum atomic E-state index is 12.2. The number of halogens is 1. The van der Waals surface area contributed by atoms with Crippen molar-refractivity contribution in [2.45, 2.75) is 45.7 Å². The molecule has 1 rings (SSSR count). The minimum Gasteiger partial charge on any atom is -0.312 e. The largest absolute Gasteiger partial charge is 0.312 e. The first kappa shape index (κ1) is 12.9. The molecule has 2 unspecified atom stereocenters. The topological polar surface area (TPSA) is 15.3 Å². The molecule has 0 aromatic rings. The summed E-state index contributed by atoms with van der Waals surface area (Å²) in [7, 11) is 0. The molecule has 0 bridgehead atoms. The summed E-state index contributed by atoms with van der Waals surface area (Å²) < 4.78 is 12.2. The highest BCUT2D eigenvalue weighted by molar-refractivity contribution is 4.82. The van der Waals surface area contributed by atoms with Crippen LogP contribution in [0.1, 0.15) is 33.6 Å². The monoisotopic (exact) mass is 216 g/mol. The highest BCUT2D eigenvalue weighted by Crippen LogP contribution is 2.13. The molecule has 90 valence electrons. The summed E-state index contributed by atoms with van der Waals surface area (Å²) in [6.07, 6.45) is 1.85. The standard InChI is InChI=1S/C12H25FN2/c1-10(2)12-9-15(8-4-6-13)11(3)5-7-14-12/h10-12,14H,4-9H2,1-3H3. The quantitative estimate of drug-likeness (QED) is 0.774. The second-order valence-corrected chi connectivity index (χ2v) is 4.98. The van der Waals surface area contributed by atoms with E-state index in [1.54, 1.807) is 0 Å². The molecule has 1 saturated heterocycles. The van der Waals surface area contributed by atoms with Crippen molar-refractivity contribution in [2.75, 3.05) is 26.3 Å². The van der Waals surface area contributed by atoms with Gasteiger partial charge in [0, 0.05) is 25.2 Å². The van der Waals surface area contributed by atoms with Crippen LogP contribution in [-0.2, 0) is 0 Å². The molecule has 0 radical (unpaired) electrons. The van der Waals surface area contributed by atoms with Crippen molar-refractivity contribution < 1.29 is 4.39 Å². The molecule has 0 amide bonds. The zero-order valence-electron chi connectivity index (χ0n) is 10.3. The zero-order valence-corrected chi connectivity index (χ0v) is 10.3. The fourth-order valence-electron chi connectivity index (χ4n) is 2.18. The molecule has 0 saturated carbocycles. The van der Waals surface area contributed by atoms with E-state index in [4.69, 9.17) is 0 Å². The molecule has 0 spiro atoms. The summed E-state index contributed by atoms with van der Waals surface area (Å²) in [6.45, 7) is 9.63. The highest BCUT2D eigenvalue weighted by atomic mass is 19.1. The molecule has 1 aliphatic heterocycles. The third-order valence-corrected chi connectivity index (χ3v) is 3.41. The Morgan fingerprint density at radius 2 is 2.20 bits per heavy atom. The predicted molar refractivity (Wildman–Crippen MR) is 62.9 cm³/mol. The molecule has 2 atom stereocenters. The van der Waals surface area contributed by atoms with Crippen LogP contribution < -0.4 is 5.32 Å². The van der Waals surface area contributed by atoms with Gasteiger partial charge in [0.2, 0.25) is 0 Å². The summed E-state index contributed by atoms with van der Waals surface area (Å²) in [5, 5.41) is 3.58. The number of rotatable bonds is 4. The molecule has 1 heterocycles. The van der Waals surface area contributed by atoms with Crippen LogP contribution >= 0.6 is 0 Å². The number of alkyl halides is 1. The molecule has 1 N–H and O–H groups in total. The van der Waals surface area contributed by atoms with Crippen LogP contribution in [0, 0.1) is 5.92 Å². The van der Waals surface area contributed by atoms with Gasteiger partial charge in [-0.15, -0.1) is 0 Å². The second kappa shape index (κ2) is 6.44. The second-order valence-electron chi connectivity index (χ2n) is 4.98. The molecule has 1 fully saturated rings. The van der Waals surface area contributed by atoms with Crippen LogP contribution in [0.5, 0.6) is 0 Å². The maximum absolute atomic E-state index is 12.2. The average molecular weight is 216 g/mol. The van der Waals surface area contributed by atoms with Gasteiger partial charge in [0.15, 0.2) is 0 Å². The van der Waals surface area contributed by atoms with Gasteiger partial charge in [-0.2, -0.15) is 0 Å². The van der Waals surface area contributed by atoms with E-state index in [0.717, 1.165) is 19.6 Å². The summed E-state index contributed by atoms with van der Waals surface area (Å²) >= 11 is 0. The Kier molecular flexibility index (Phi) is 5.54. The van der Waals surface area contributed by atoms with E-state index >= 15 is 0 Å². The molecule has 3 heteroatoms. The van der Waals surface area contributed by atoms with Crippen LogP contribution in [0.15, 0.2) is 0 Å². The van der Waals surface area contributed by atoms with Crippen molar-refractivity contribution in [3.8, 4) is 0 Å². The van der Waals surface area contributed by atoms with Crippen molar-refractivity contribution in [3.05, 3.63) is 0 Å². The Hall–Kier alpha value is -0.150. The maximum Gasteiger partial charge on any atom is 0.0906 e. The Balaban J connectivity index is 2.48. The summed E-state index contributed by atoms with van der Waals surface area (Å²) in [6, 6.07) is 1.15. The van der Waals surface area contributed by atoms with Crippen LogP contribution in [0.25, 0.3) is 0 Å². The minimum atomic E-state index is -0.191. The number of hydrogen-bond donors (Lipinski definition) is 1. The van der Waals surface area contributed by atoms with Gasteiger partial charge < -0.3 is 5.32 Å². The molecule has 1 aliphatic rings. The van der Waals surface area contributed by atoms with Gasteiger partial charge in [-0.3, -0.25) is 9.29 Å². The van der Waals surface area contributed by atoms with Gasteiger partial charge in [0.25, 0.3) is 0 Å². The Morgan fingerprint density at radius 3 is 2.80 bits per heavy atom. The van der Waals surface area contributed by atoms with E-state index in [0.29, 0.717) is 24.4 Å². The number of hydrogen-bond acceptors (Lipinski definition) is 2. The van der Waals surface area contributed by atoms with Crippen molar-refractivity contribution >= 4 is 0 Å². The van der Waals surface area contributed by atoms with Gasteiger partial charge in [-0.05, 0) is 32.2 Å². The summed E-state index contributed by atoms with van der Waals surface area (Å²) in [4.78, 5) is 2.43. The van der Waals surface area contributed by atoms with Crippen LogP contribution in [-0.4, -0.2) is 43.3 Å². The third-order valence-electron chi connectivity index (χ3n) is 3.41. The fourth-order valence-corrected chi connectivity index (χ4v) is 2.18. The molecule has 0 aromatic heterocycles. The molecule has 15 heavy (non-hydrogen) atoms. The third kappa shape index (κ3) is 4.07. The Morgan fingerprint density at radius 1 is 1.47 bits per heavy atom. The zero-order chi connectivity index (χ0) is 11.3. The van der Waals surface area contributed by atoms with E-state index in [1.807, 2.05) is 0 Å². The van der Waals surface area contributed by atoms with Gasteiger partial charge in [-0.25, -0.2) is 0 Å². The van der Waals surface area contributed by atoms with Gasteiger partial charge in [0.05, 0.1) is 6.67 Å². The first-order chi connectivity index (χ1) is 7.15. The van der Waals surface area contributed by atoms with Crippen molar-refractivity contribution in [2.24, 2.45) is 5.92 Å². The lowest BCUT2D eigenvalue weighted by molar-refractivity contribution is 0.185.